The minimum absolute atomic E-state index is 0.674. The molecule has 0 aliphatic heterocycles. The van der Waals surface area contributed by atoms with Gasteiger partial charge < -0.3 is 10.2 Å². The van der Waals surface area contributed by atoms with E-state index in [-0.39, 0.29) is 0 Å². The summed E-state index contributed by atoms with van der Waals surface area (Å²) in [5.41, 5.74) is 0. The Morgan fingerprint density at radius 1 is 1.25 bits per heavy atom. The highest BCUT2D eigenvalue weighted by molar-refractivity contribution is 4.75. The zero-order valence-corrected chi connectivity index (χ0v) is 11.6. The van der Waals surface area contributed by atoms with Gasteiger partial charge in [0.15, 0.2) is 0 Å². The van der Waals surface area contributed by atoms with Crippen molar-refractivity contribution in [3.63, 3.8) is 0 Å². The quantitative estimate of drug-likeness (QED) is 0.640. The summed E-state index contributed by atoms with van der Waals surface area (Å²) in [7, 11) is 2.27. The lowest BCUT2D eigenvalue weighted by Crippen LogP contribution is -2.41. The van der Waals surface area contributed by atoms with Crippen molar-refractivity contribution in [1.82, 2.24) is 10.2 Å². The molecule has 1 fully saturated rings. The standard InChI is InChI=1S/C14H30N2/c1-12(2)8-9-15-10-13(3)16(4)11-14-6-5-7-14/h12-15H,5-11H2,1-4H3. The fraction of sp³-hybridized carbons (Fsp3) is 1.00. The zero-order valence-electron chi connectivity index (χ0n) is 11.6. The molecule has 0 aromatic rings. The van der Waals surface area contributed by atoms with Crippen molar-refractivity contribution in [2.24, 2.45) is 11.8 Å². The molecule has 0 spiro atoms. The summed E-state index contributed by atoms with van der Waals surface area (Å²) < 4.78 is 0. The highest BCUT2D eigenvalue weighted by Gasteiger charge is 2.20. The Hall–Kier alpha value is -0.0800. The third-order valence-electron chi connectivity index (χ3n) is 3.86. The maximum Gasteiger partial charge on any atom is 0.0189 e. The third-order valence-corrected chi connectivity index (χ3v) is 3.86. The van der Waals surface area contributed by atoms with Gasteiger partial charge in [-0.2, -0.15) is 0 Å². The fourth-order valence-electron chi connectivity index (χ4n) is 2.12. The van der Waals surface area contributed by atoms with Crippen LogP contribution in [0.4, 0.5) is 0 Å². The van der Waals surface area contributed by atoms with Gasteiger partial charge in [-0.25, -0.2) is 0 Å². The summed E-state index contributed by atoms with van der Waals surface area (Å²) >= 11 is 0. The van der Waals surface area contributed by atoms with Crippen LogP contribution in [0, 0.1) is 11.8 Å². The van der Waals surface area contributed by atoms with E-state index in [4.69, 9.17) is 0 Å². The fourth-order valence-corrected chi connectivity index (χ4v) is 2.12. The summed E-state index contributed by atoms with van der Waals surface area (Å²) in [4.78, 5) is 2.52. The Morgan fingerprint density at radius 3 is 2.44 bits per heavy atom. The number of nitrogens with zero attached hydrogens (tertiary/aromatic N) is 1. The van der Waals surface area contributed by atoms with Gasteiger partial charge in [-0.3, -0.25) is 0 Å². The number of rotatable bonds is 8. The molecule has 0 heterocycles. The first kappa shape index (κ1) is 14.0. The predicted octanol–water partition coefficient (Wildman–Crippen LogP) is 2.74. The Labute approximate surface area is 102 Å². The van der Waals surface area contributed by atoms with E-state index in [1.807, 2.05) is 0 Å². The SMILES string of the molecule is CC(C)CCNCC(C)N(C)CC1CCC1. The highest BCUT2D eigenvalue weighted by atomic mass is 15.1. The smallest absolute Gasteiger partial charge is 0.0189 e. The van der Waals surface area contributed by atoms with Crippen molar-refractivity contribution < 1.29 is 0 Å². The number of hydrogen-bond donors (Lipinski definition) is 1. The van der Waals surface area contributed by atoms with Crippen LogP contribution >= 0.6 is 0 Å². The Bertz CT molecular complexity index is 176. The van der Waals surface area contributed by atoms with Crippen LogP contribution in [0.3, 0.4) is 0 Å². The second-order valence-corrected chi connectivity index (χ2v) is 5.97. The van der Waals surface area contributed by atoms with E-state index in [2.05, 4.69) is 38.0 Å². The maximum atomic E-state index is 3.57. The van der Waals surface area contributed by atoms with Crippen LogP contribution in [0.5, 0.6) is 0 Å². The minimum Gasteiger partial charge on any atom is -0.315 e. The van der Waals surface area contributed by atoms with E-state index >= 15 is 0 Å². The van der Waals surface area contributed by atoms with E-state index in [1.165, 1.54) is 38.8 Å². The lowest BCUT2D eigenvalue weighted by atomic mass is 9.85. The Balaban J connectivity index is 2.01. The van der Waals surface area contributed by atoms with Crippen LogP contribution in [-0.2, 0) is 0 Å². The van der Waals surface area contributed by atoms with Crippen molar-refractivity contribution in [2.75, 3.05) is 26.7 Å². The first-order chi connectivity index (χ1) is 7.59. The zero-order chi connectivity index (χ0) is 12.0. The summed E-state index contributed by atoms with van der Waals surface area (Å²) in [6, 6.07) is 0.674. The molecule has 0 saturated heterocycles. The molecule has 1 rings (SSSR count). The number of likely N-dealkylation sites (N-methyl/N-ethyl adjacent to an activating group) is 1. The van der Waals surface area contributed by atoms with E-state index in [0.717, 1.165) is 18.4 Å². The molecular weight excluding hydrogens is 196 g/mol. The average Bonchev–Trinajstić information content (AvgIpc) is 2.17. The van der Waals surface area contributed by atoms with E-state index < -0.39 is 0 Å². The maximum absolute atomic E-state index is 3.57. The highest BCUT2D eigenvalue weighted by Crippen LogP contribution is 2.27. The average molecular weight is 226 g/mol. The van der Waals surface area contributed by atoms with Crippen molar-refractivity contribution in [3.05, 3.63) is 0 Å². The molecular formula is C14H30N2. The molecule has 2 heteroatoms. The molecule has 96 valence electrons. The minimum atomic E-state index is 0.674. The van der Waals surface area contributed by atoms with Gasteiger partial charge in [0.05, 0.1) is 0 Å². The first-order valence-electron chi connectivity index (χ1n) is 7.00. The van der Waals surface area contributed by atoms with Crippen LogP contribution in [0.25, 0.3) is 0 Å². The van der Waals surface area contributed by atoms with Gasteiger partial charge in [0.25, 0.3) is 0 Å². The summed E-state index contributed by atoms with van der Waals surface area (Å²) in [6.07, 6.45) is 5.66. The molecule has 0 radical (unpaired) electrons. The normalized spacial score (nSPS) is 19.1. The van der Waals surface area contributed by atoms with Gasteiger partial charge in [-0.1, -0.05) is 20.3 Å². The monoisotopic (exact) mass is 226 g/mol. The van der Waals surface area contributed by atoms with Crippen molar-refractivity contribution >= 4 is 0 Å². The number of nitrogens with one attached hydrogen (secondary N) is 1. The molecule has 1 aliphatic rings. The second-order valence-electron chi connectivity index (χ2n) is 5.97. The Morgan fingerprint density at radius 2 is 1.94 bits per heavy atom. The predicted molar refractivity (Wildman–Crippen MR) is 71.8 cm³/mol. The summed E-state index contributed by atoms with van der Waals surface area (Å²) in [5.74, 6) is 1.80. The molecule has 16 heavy (non-hydrogen) atoms. The molecule has 1 atom stereocenters. The molecule has 0 aromatic carbocycles. The van der Waals surface area contributed by atoms with Crippen LogP contribution in [0.15, 0.2) is 0 Å². The largest absolute Gasteiger partial charge is 0.315 e. The van der Waals surface area contributed by atoms with E-state index in [9.17, 15) is 0 Å². The lowest BCUT2D eigenvalue weighted by molar-refractivity contribution is 0.167. The van der Waals surface area contributed by atoms with Crippen molar-refractivity contribution in [1.29, 1.82) is 0 Å². The van der Waals surface area contributed by atoms with Crippen LogP contribution in [-0.4, -0.2) is 37.6 Å². The molecule has 1 unspecified atom stereocenters. The topological polar surface area (TPSA) is 15.3 Å². The molecule has 1 aliphatic carbocycles. The van der Waals surface area contributed by atoms with Gasteiger partial charge in [0.1, 0.15) is 0 Å². The number of hydrogen-bond acceptors (Lipinski definition) is 2. The van der Waals surface area contributed by atoms with Gasteiger partial charge in [-0.05, 0) is 51.6 Å². The van der Waals surface area contributed by atoms with Gasteiger partial charge >= 0.3 is 0 Å². The van der Waals surface area contributed by atoms with E-state index in [1.54, 1.807) is 0 Å². The molecule has 1 N–H and O–H groups in total. The molecule has 0 bridgehead atoms. The molecule has 2 nitrogen and oxygen atoms in total. The van der Waals surface area contributed by atoms with Crippen LogP contribution < -0.4 is 5.32 Å². The van der Waals surface area contributed by atoms with Gasteiger partial charge in [-0.15, -0.1) is 0 Å². The van der Waals surface area contributed by atoms with Gasteiger partial charge in [0, 0.05) is 19.1 Å². The molecule has 0 amide bonds. The van der Waals surface area contributed by atoms with E-state index in [0.29, 0.717) is 6.04 Å². The van der Waals surface area contributed by atoms with Gasteiger partial charge in [0.2, 0.25) is 0 Å². The third kappa shape index (κ3) is 5.31. The van der Waals surface area contributed by atoms with Crippen LogP contribution in [0.2, 0.25) is 0 Å². The van der Waals surface area contributed by atoms with Crippen molar-refractivity contribution in [2.45, 2.75) is 52.5 Å². The van der Waals surface area contributed by atoms with Crippen molar-refractivity contribution in [3.8, 4) is 0 Å². The first-order valence-corrected chi connectivity index (χ1v) is 7.00. The summed E-state index contributed by atoms with van der Waals surface area (Å²) in [6.45, 7) is 10.5. The van der Waals surface area contributed by atoms with Crippen LogP contribution in [0.1, 0.15) is 46.5 Å². The lowest BCUT2D eigenvalue weighted by Gasteiger charge is -2.33. The Kier molecular flexibility index (Phi) is 6.37. The summed E-state index contributed by atoms with van der Waals surface area (Å²) in [5, 5.41) is 3.57. The molecule has 1 saturated carbocycles. The second kappa shape index (κ2) is 7.29. The molecule has 0 aromatic heterocycles.